The van der Waals surface area contributed by atoms with Gasteiger partial charge in [0.15, 0.2) is 0 Å². The molecule has 0 aliphatic rings. The van der Waals surface area contributed by atoms with Crippen LogP contribution in [0.3, 0.4) is 0 Å². The fraction of sp³-hybridized carbons (Fsp3) is 0. The second kappa shape index (κ2) is 18.3. The monoisotopic (exact) mass is 877 g/mol. The molecular formula is C68H47N. The molecule has 1 nitrogen and oxygen atoms in total. The fourth-order valence-corrected chi connectivity index (χ4v) is 10.3. The molecule has 0 unspecified atom stereocenters. The molecule has 0 fully saturated rings. The van der Waals surface area contributed by atoms with Crippen LogP contribution in [0.5, 0.6) is 0 Å². The van der Waals surface area contributed by atoms with Gasteiger partial charge in [-0.1, -0.05) is 249 Å². The van der Waals surface area contributed by atoms with Crippen LogP contribution in [0.1, 0.15) is 0 Å². The van der Waals surface area contributed by atoms with E-state index in [4.69, 9.17) is 0 Å². The van der Waals surface area contributed by atoms with E-state index >= 15 is 0 Å². The lowest BCUT2D eigenvalue weighted by atomic mass is 9.82. The van der Waals surface area contributed by atoms with Crippen molar-refractivity contribution in [2.24, 2.45) is 0 Å². The highest BCUT2D eigenvalue weighted by molar-refractivity contribution is 6.25. The SMILES string of the molecule is c1ccc(-c2ccc(N(c3ccc(-c4cccc(-c5ccccc5)c4-c4ccccc4)cc3)c3ccc(-c4cccc5c4c(-c4ccccc4)c(-c4ccccc4)c4ccccc45)cc3)cc2)cc1. The van der Waals surface area contributed by atoms with Crippen LogP contribution in [-0.4, -0.2) is 0 Å². The summed E-state index contributed by atoms with van der Waals surface area (Å²) in [6.07, 6.45) is 0. The Morgan fingerprint density at radius 1 is 0.174 bits per heavy atom. The van der Waals surface area contributed by atoms with Crippen LogP contribution < -0.4 is 4.90 Å². The number of fused-ring (bicyclic) bond motifs is 3. The number of benzene rings is 12. The van der Waals surface area contributed by atoms with Crippen molar-refractivity contribution in [3.63, 3.8) is 0 Å². The van der Waals surface area contributed by atoms with E-state index in [1.54, 1.807) is 0 Å². The third-order valence-electron chi connectivity index (χ3n) is 13.5. The molecule has 1 heteroatoms. The topological polar surface area (TPSA) is 3.24 Å². The molecule has 0 radical (unpaired) electrons. The van der Waals surface area contributed by atoms with Gasteiger partial charge in [0, 0.05) is 17.1 Å². The van der Waals surface area contributed by atoms with Crippen molar-refractivity contribution in [3.8, 4) is 77.9 Å². The molecule has 0 amide bonds. The molecule has 0 heterocycles. The highest BCUT2D eigenvalue weighted by Crippen LogP contribution is 2.48. The molecule has 12 rings (SSSR count). The van der Waals surface area contributed by atoms with Crippen molar-refractivity contribution in [2.45, 2.75) is 0 Å². The summed E-state index contributed by atoms with van der Waals surface area (Å²) in [5.74, 6) is 0. The molecule has 0 spiro atoms. The summed E-state index contributed by atoms with van der Waals surface area (Å²) in [7, 11) is 0. The molecule has 0 aromatic heterocycles. The average molecular weight is 878 g/mol. The number of rotatable bonds is 10. The third kappa shape index (κ3) is 7.86. The maximum absolute atomic E-state index is 2.38. The van der Waals surface area contributed by atoms with Crippen molar-refractivity contribution in [1.82, 2.24) is 0 Å². The zero-order valence-corrected chi connectivity index (χ0v) is 38.1. The van der Waals surface area contributed by atoms with Crippen LogP contribution in [0.2, 0.25) is 0 Å². The normalized spacial score (nSPS) is 11.2. The van der Waals surface area contributed by atoms with Gasteiger partial charge in [0.2, 0.25) is 0 Å². The predicted molar refractivity (Wildman–Crippen MR) is 294 cm³/mol. The summed E-state index contributed by atoms with van der Waals surface area (Å²) in [5, 5.41) is 5.00. The van der Waals surface area contributed by atoms with E-state index in [-0.39, 0.29) is 0 Å². The van der Waals surface area contributed by atoms with E-state index in [0.29, 0.717) is 0 Å². The minimum Gasteiger partial charge on any atom is -0.311 e. The zero-order chi connectivity index (χ0) is 45.9. The summed E-state index contributed by atoms with van der Waals surface area (Å²) < 4.78 is 0. The first kappa shape index (κ1) is 41.4. The Balaban J connectivity index is 1.00. The molecule has 0 N–H and O–H groups in total. The highest BCUT2D eigenvalue weighted by Gasteiger charge is 2.22. The van der Waals surface area contributed by atoms with E-state index in [0.717, 1.165) is 28.2 Å². The summed E-state index contributed by atoms with van der Waals surface area (Å²) in [6.45, 7) is 0. The van der Waals surface area contributed by atoms with E-state index in [1.807, 2.05) is 0 Å². The zero-order valence-electron chi connectivity index (χ0n) is 38.1. The molecule has 0 saturated carbocycles. The number of hydrogen-bond acceptors (Lipinski definition) is 1. The molecule has 0 aliphatic carbocycles. The molecule has 12 aromatic rings. The first-order valence-corrected chi connectivity index (χ1v) is 23.8. The minimum atomic E-state index is 1.08. The highest BCUT2D eigenvalue weighted by atomic mass is 15.1. The largest absolute Gasteiger partial charge is 0.311 e. The molecule has 69 heavy (non-hydrogen) atoms. The Kier molecular flexibility index (Phi) is 11.0. The molecular weight excluding hydrogens is 831 g/mol. The van der Waals surface area contributed by atoms with Crippen LogP contribution in [0, 0.1) is 0 Å². The van der Waals surface area contributed by atoms with Gasteiger partial charge in [-0.15, -0.1) is 0 Å². The maximum Gasteiger partial charge on any atom is 0.0462 e. The summed E-state index contributed by atoms with van der Waals surface area (Å²) in [6, 6.07) is 104. The van der Waals surface area contributed by atoms with Gasteiger partial charge < -0.3 is 4.90 Å². The van der Waals surface area contributed by atoms with Gasteiger partial charge in [-0.2, -0.15) is 0 Å². The van der Waals surface area contributed by atoms with Crippen LogP contribution in [0.25, 0.3) is 99.4 Å². The lowest BCUT2D eigenvalue weighted by Crippen LogP contribution is -2.09. The second-order valence-electron chi connectivity index (χ2n) is 17.6. The quantitative estimate of drug-likeness (QED) is 0.124. The molecule has 324 valence electrons. The summed E-state index contributed by atoms with van der Waals surface area (Å²) in [4.78, 5) is 2.38. The van der Waals surface area contributed by atoms with Gasteiger partial charge in [-0.05, 0) is 136 Å². The summed E-state index contributed by atoms with van der Waals surface area (Å²) >= 11 is 0. The van der Waals surface area contributed by atoms with Crippen molar-refractivity contribution >= 4 is 38.6 Å². The minimum absolute atomic E-state index is 1.08. The maximum atomic E-state index is 2.38. The van der Waals surface area contributed by atoms with Crippen molar-refractivity contribution in [3.05, 3.63) is 285 Å². The van der Waals surface area contributed by atoms with E-state index in [9.17, 15) is 0 Å². The Morgan fingerprint density at radius 3 is 1.00 bits per heavy atom. The van der Waals surface area contributed by atoms with Crippen LogP contribution in [0.4, 0.5) is 17.1 Å². The standard InChI is InChI=1S/C68H47N/c1-6-20-48(21-7-1)49-36-42-56(43-37-49)69(57-44-38-51(39-45-57)60-33-18-32-59(50-22-8-2-9-23-50)65(60)53-24-10-3-11-25-53)58-46-40-52(41-47-58)61-34-19-35-64-62-30-16-17-31-63(62)66(54-26-12-4-13-27-54)67(68(61)64)55-28-14-5-15-29-55/h1-47H. The Hall–Kier alpha value is -9.04. The molecule has 0 aliphatic heterocycles. The fourth-order valence-electron chi connectivity index (χ4n) is 10.3. The average Bonchev–Trinajstić information content (AvgIpc) is 3.44. The Labute approximate surface area is 404 Å². The molecule has 12 aromatic carbocycles. The van der Waals surface area contributed by atoms with Gasteiger partial charge in [0.1, 0.15) is 0 Å². The van der Waals surface area contributed by atoms with Crippen molar-refractivity contribution < 1.29 is 0 Å². The Morgan fingerprint density at radius 2 is 0.493 bits per heavy atom. The lowest BCUT2D eigenvalue weighted by molar-refractivity contribution is 1.28. The van der Waals surface area contributed by atoms with Gasteiger partial charge in [0.05, 0.1) is 0 Å². The Bertz CT molecular complexity index is 3700. The number of nitrogens with zero attached hydrogens (tertiary/aromatic N) is 1. The van der Waals surface area contributed by atoms with Gasteiger partial charge in [-0.3, -0.25) is 0 Å². The first-order chi connectivity index (χ1) is 34.3. The van der Waals surface area contributed by atoms with Crippen LogP contribution >= 0.6 is 0 Å². The summed E-state index contributed by atoms with van der Waals surface area (Å²) in [5.41, 5.74) is 20.1. The van der Waals surface area contributed by atoms with Crippen molar-refractivity contribution in [2.75, 3.05) is 4.90 Å². The molecule has 0 bridgehead atoms. The van der Waals surface area contributed by atoms with E-state index in [1.165, 1.54) is 88.3 Å². The molecule has 0 saturated heterocycles. The predicted octanol–water partition coefficient (Wildman–Crippen LogP) is 19.1. The third-order valence-corrected chi connectivity index (χ3v) is 13.5. The number of anilines is 3. The second-order valence-corrected chi connectivity index (χ2v) is 17.6. The van der Waals surface area contributed by atoms with Crippen molar-refractivity contribution in [1.29, 1.82) is 0 Å². The number of hydrogen-bond donors (Lipinski definition) is 0. The lowest BCUT2D eigenvalue weighted by Gasteiger charge is -2.26. The van der Waals surface area contributed by atoms with Gasteiger partial charge in [0.25, 0.3) is 0 Å². The first-order valence-electron chi connectivity index (χ1n) is 23.8. The van der Waals surface area contributed by atoms with E-state index < -0.39 is 0 Å². The van der Waals surface area contributed by atoms with Gasteiger partial charge in [-0.25, -0.2) is 0 Å². The smallest absolute Gasteiger partial charge is 0.0462 e. The molecule has 0 atom stereocenters. The van der Waals surface area contributed by atoms with Crippen LogP contribution in [0.15, 0.2) is 285 Å². The van der Waals surface area contributed by atoms with Gasteiger partial charge >= 0.3 is 0 Å². The van der Waals surface area contributed by atoms with E-state index in [2.05, 4.69) is 290 Å². The van der Waals surface area contributed by atoms with Crippen LogP contribution in [-0.2, 0) is 0 Å².